The van der Waals surface area contributed by atoms with Crippen LogP contribution in [0.3, 0.4) is 0 Å². The lowest BCUT2D eigenvalue weighted by atomic mass is 9.90. The van der Waals surface area contributed by atoms with Crippen molar-refractivity contribution in [2.24, 2.45) is 11.7 Å². The van der Waals surface area contributed by atoms with E-state index < -0.39 is 0 Å². The van der Waals surface area contributed by atoms with Crippen LogP contribution >= 0.6 is 0 Å². The molecule has 1 amide bonds. The van der Waals surface area contributed by atoms with E-state index in [1.54, 1.807) is 0 Å². The highest BCUT2D eigenvalue weighted by atomic mass is 16.2. The molecular formula is C20H25N3O. The zero-order valence-corrected chi connectivity index (χ0v) is 14.0. The number of amides is 1. The van der Waals surface area contributed by atoms with Crippen molar-refractivity contribution in [3.63, 3.8) is 0 Å². The molecule has 1 aromatic carbocycles. The van der Waals surface area contributed by atoms with Gasteiger partial charge in [0, 0.05) is 31.0 Å². The number of hydrogen-bond donors (Lipinski definition) is 1. The number of nitrogens with zero attached hydrogens (tertiary/aromatic N) is 2. The van der Waals surface area contributed by atoms with Gasteiger partial charge in [0.25, 0.3) is 5.91 Å². The average molecular weight is 323 g/mol. The van der Waals surface area contributed by atoms with Gasteiger partial charge in [0.15, 0.2) is 0 Å². The van der Waals surface area contributed by atoms with Crippen molar-refractivity contribution in [3.05, 3.63) is 65.5 Å². The first-order chi connectivity index (χ1) is 11.8. The van der Waals surface area contributed by atoms with Crippen molar-refractivity contribution in [1.29, 1.82) is 0 Å². The second kappa shape index (κ2) is 8.06. The Morgan fingerprint density at radius 2 is 1.88 bits per heavy atom. The fraction of sp³-hybridized carbons (Fsp3) is 0.400. The van der Waals surface area contributed by atoms with Crippen molar-refractivity contribution in [2.75, 3.05) is 19.6 Å². The fourth-order valence-corrected chi connectivity index (χ4v) is 3.36. The molecule has 0 spiro atoms. The minimum atomic E-state index is 0.147. The summed E-state index contributed by atoms with van der Waals surface area (Å²) in [6, 6.07) is 12.0. The third-order valence-corrected chi connectivity index (χ3v) is 4.78. The molecule has 0 unspecified atom stereocenters. The van der Waals surface area contributed by atoms with Crippen molar-refractivity contribution in [2.45, 2.75) is 25.7 Å². The molecule has 1 fully saturated rings. The number of carbonyl (C=O) groups is 1. The number of pyridine rings is 1. The van der Waals surface area contributed by atoms with E-state index in [2.05, 4.69) is 11.1 Å². The van der Waals surface area contributed by atoms with E-state index >= 15 is 0 Å². The molecule has 0 saturated carbocycles. The summed E-state index contributed by atoms with van der Waals surface area (Å²) in [6.07, 6.45) is 7.79. The minimum Gasteiger partial charge on any atom is -0.339 e. The Balaban J connectivity index is 1.53. The molecule has 4 heteroatoms. The summed E-state index contributed by atoms with van der Waals surface area (Å²) < 4.78 is 0. The van der Waals surface area contributed by atoms with Gasteiger partial charge in [-0.05, 0) is 67.5 Å². The third kappa shape index (κ3) is 4.20. The topological polar surface area (TPSA) is 59.2 Å². The smallest absolute Gasteiger partial charge is 0.253 e. The SMILES string of the molecule is NCCc1ccc(C(=O)N2CCC(Cc3cccnc3)CC2)cc1. The molecule has 1 saturated heterocycles. The van der Waals surface area contributed by atoms with Crippen molar-refractivity contribution in [1.82, 2.24) is 9.88 Å². The van der Waals surface area contributed by atoms with Crippen LogP contribution in [-0.4, -0.2) is 35.4 Å². The van der Waals surface area contributed by atoms with E-state index in [9.17, 15) is 4.79 Å². The van der Waals surface area contributed by atoms with Gasteiger partial charge in [0.1, 0.15) is 0 Å². The highest BCUT2D eigenvalue weighted by Gasteiger charge is 2.23. The maximum atomic E-state index is 12.6. The Morgan fingerprint density at radius 1 is 1.12 bits per heavy atom. The van der Waals surface area contributed by atoms with E-state index in [0.29, 0.717) is 12.5 Å². The van der Waals surface area contributed by atoms with E-state index in [-0.39, 0.29) is 5.91 Å². The summed E-state index contributed by atoms with van der Waals surface area (Å²) in [5.41, 5.74) is 8.82. The van der Waals surface area contributed by atoms with Crippen LogP contribution in [0.4, 0.5) is 0 Å². The van der Waals surface area contributed by atoms with Crippen LogP contribution in [0.15, 0.2) is 48.8 Å². The molecule has 1 aliphatic rings. The highest BCUT2D eigenvalue weighted by molar-refractivity contribution is 5.94. The molecular weight excluding hydrogens is 298 g/mol. The quantitative estimate of drug-likeness (QED) is 0.920. The Morgan fingerprint density at radius 3 is 2.50 bits per heavy atom. The molecule has 0 aliphatic carbocycles. The summed E-state index contributed by atoms with van der Waals surface area (Å²) in [6.45, 7) is 2.32. The van der Waals surface area contributed by atoms with Gasteiger partial charge < -0.3 is 10.6 Å². The zero-order chi connectivity index (χ0) is 16.8. The Bertz CT molecular complexity index is 646. The van der Waals surface area contributed by atoms with Gasteiger partial charge in [-0.25, -0.2) is 0 Å². The number of aromatic nitrogens is 1. The monoisotopic (exact) mass is 323 g/mol. The summed E-state index contributed by atoms with van der Waals surface area (Å²) in [7, 11) is 0. The standard InChI is InChI=1S/C20H25N3O/c21-10-7-16-3-5-19(6-4-16)20(24)23-12-8-17(9-13-23)14-18-2-1-11-22-15-18/h1-6,11,15,17H,7-10,12-14,21H2. The molecule has 1 aliphatic heterocycles. The number of likely N-dealkylation sites (tertiary alicyclic amines) is 1. The molecule has 2 aromatic rings. The molecule has 0 atom stereocenters. The normalized spacial score (nSPS) is 15.5. The molecule has 24 heavy (non-hydrogen) atoms. The molecule has 1 aromatic heterocycles. The van der Waals surface area contributed by atoms with Crippen LogP contribution in [-0.2, 0) is 12.8 Å². The second-order valence-electron chi connectivity index (χ2n) is 6.54. The lowest BCUT2D eigenvalue weighted by Crippen LogP contribution is -2.38. The van der Waals surface area contributed by atoms with Crippen LogP contribution in [0.2, 0.25) is 0 Å². The third-order valence-electron chi connectivity index (χ3n) is 4.78. The highest BCUT2D eigenvalue weighted by Crippen LogP contribution is 2.22. The largest absolute Gasteiger partial charge is 0.339 e. The van der Waals surface area contributed by atoms with Crippen molar-refractivity contribution < 1.29 is 4.79 Å². The first-order valence-corrected chi connectivity index (χ1v) is 8.73. The summed E-state index contributed by atoms with van der Waals surface area (Å²) >= 11 is 0. The zero-order valence-electron chi connectivity index (χ0n) is 14.0. The maximum Gasteiger partial charge on any atom is 0.253 e. The molecule has 3 rings (SSSR count). The molecule has 0 radical (unpaired) electrons. The van der Waals surface area contributed by atoms with E-state index in [4.69, 9.17) is 5.73 Å². The fourth-order valence-electron chi connectivity index (χ4n) is 3.36. The first-order valence-electron chi connectivity index (χ1n) is 8.73. The lowest BCUT2D eigenvalue weighted by molar-refractivity contribution is 0.0690. The summed E-state index contributed by atoms with van der Waals surface area (Å²) in [5, 5.41) is 0. The van der Waals surface area contributed by atoms with Crippen molar-refractivity contribution in [3.8, 4) is 0 Å². The number of rotatable bonds is 5. The predicted molar refractivity (Wildman–Crippen MR) is 95.8 cm³/mol. The van der Waals surface area contributed by atoms with Crippen molar-refractivity contribution >= 4 is 5.91 Å². The molecule has 2 N–H and O–H groups in total. The lowest BCUT2D eigenvalue weighted by Gasteiger charge is -2.32. The predicted octanol–water partition coefficient (Wildman–Crippen LogP) is 2.68. The van der Waals surface area contributed by atoms with Crippen LogP contribution < -0.4 is 5.73 Å². The molecule has 0 bridgehead atoms. The Labute approximate surface area is 143 Å². The van der Waals surface area contributed by atoms with Gasteiger partial charge in [-0.2, -0.15) is 0 Å². The van der Waals surface area contributed by atoms with Gasteiger partial charge in [-0.1, -0.05) is 18.2 Å². The number of benzene rings is 1. The Kier molecular flexibility index (Phi) is 5.59. The molecule has 4 nitrogen and oxygen atoms in total. The van der Waals surface area contributed by atoms with Gasteiger partial charge in [-0.3, -0.25) is 9.78 Å². The van der Waals surface area contributed by atoms with Crippen LogP contribution in [0.1, 0.15) is 34.3 Å². The van der Waals surface area contributed by atoms with E-state index in [1.807, 2.05) is 47.6 Å². The van der Waals surface area contributed by atoms with E-state index in [1.165, 1.54) is 11.1 Å². The first kappa shape index (κ1) is 16.7. The van der Waals surface area contributed by atoms with Crippen LogP contribution in [0, 0.1) is 5.92 Å². The van der Waals surface area contributed by atoms with Crippen LogP contribution in [0.25, 0.3) is 0 Å². The average Bonchev–Trinajstić information content (AvgIpc) is 2.64. The number of nitrogens with two attached hydrogens (primary N) is 1. The molecule has 126 valence electrons. The molecule has 2 heterocycles. The summed E-state index contributed by atoms with van der Waals surface area (Å²) in [5.74, 6) is 0.791. The van der Waals surface area contributed by atoms with Gasteiger partial charge in [0.2, 0.25) is 0 Å². The number of carbonyl (C=O) groups excluding carboxylic acids is 1. The van der Waals surface area contributed by atoms with Gasteiger partial charge >= 0.3 is 0 Å². The second-order valence-corrected chi connectivity index (χ2v) is 6.54. The minimum absolute atomic E-state index is 0.147. The Hall–Kier alpha value is -2.20. The number of hydrogen-bond acceptors (Lipinski definition) is 3. The maximum absolute atomic E-state index is 12.6. The van der Waals surface area contributed by atoms with Crippen LogP contribution in [0.5, 0.6) is 0 Å². The number of piperidine rings is 1. The van der Waals surface area contributed by atoms with Gasteiger partial charge in [0.05, 0.1) is 0 Å². The van der Waals surface area contributed by atoms with E-state index in [0.717, 1.165) is 44.3 Å². The summed E-state index contributed by atoms with van der Waals surface area (Å²) in [4.78, 5) is 18.8. The van der Waals surface area contributed by atoms with Gasteiger partial charge in [-0.15, -0.1) is 0 Å².